The second kappa shape index (κ2) is 9.30. The summed E-state index contributed by atoms with van der Waals surface area (Å²) in [5, 5.41) is 3.54. The van der Waals surface area contributed by atoms with Crippen LogP contribution in [0.25, 0.3) is 76.4 Å². The van der Waals surface area contributed by atoms with Gasteiger partial charge < -0.3 is 4.42 Å². The molecule has 0 saturated carbocycles. The van der Waals surface area contributed by atoms with E-state index in [9.17, 15) is 0 Å². The number of rotatable bonds is 4. The number of aromatic nitrogens is 2. The van der Waals surface area contributed by atoms with E-state index in [1.54, 1.807) is 11.3 Å². The summed E-state index contributed by atoms with van der Waals surface area (Å²) in [6.45, 7) is 0. The van der Waals surface area contributed by atoms with Gasteiger partial charge in [0, 0.05) is 36.7 Å². The van der Waals surface area contributed by atoms with Crippen molar-refractivity contribution in [1.82, 2.24) is 9.97 Å². The van der Waals surface area contributed by atoms with Gasteiger partial charge in [-0.05, 0) is 41.5 Å². The zero-order valence-electron chi connectivity index (χ0n) is 21.4. The number of benzene rings is 5. The topological polar surface area (TPSA) is 38.9 Å². The highest BCUT2D eigenvalue weighted by Gasteiger charge is 2.17. The molecule has 0 amide bonds. The SMILES string of the molecule is c1ccc(-c2ccc(-c3cc(-c4cc5ccccc5o4)nc(-c4cccc5c4sc4ccccc45)n3)cc2)cc1. The molecule has 8 aromatic rings. The summed E-state index contributed by atoms with van der Waals surface area (Å²) in [7, 11) is 0. The molecule has 0 atom stereocenters. The van der Waals surface area contributed by atoms with E-state index in [1.165, 1.54) is 31.3 Å². The summed E-state index contributed by atoms with van der Waals surface area (Å²) in [4.78, 5) is 10.2. The van der Waals surface area contributed by atoms with E-state index in [0.29, 0.717) is 5.82 Å². The Balaban J connectivity index is 1.33. The summed E-state index contributed by atoms with van der Waals surface area (Å²) < 4.78 is 8.71. The van der Waals surface area contributed by atoms with Crippen LogP contribution in [0.4, 0.5) is 0 Å². The number of hydrogen-bond donors (Lipinski definition) is 0. The molecule has 0 fully saturated rings. The minimum absolute atomic E-state index is 0.692. The first kappa shape index (κ1) is 22.9. The second-order valence-electron chi connectivity index (χ2n) is 9.83. The van der Waals surface area contributed by atoms with Crippen molar-refractivity contribution in [2.75, 3.05) is 0 Å². The average Bonchev–Trinajstić information content (AvgIpc) is 3.63. The van der Waals surface area contributed by atoms with E-state index in [4.69, 9.17) is 14.4 Å². The molecule has 3 nitrogen and oxygen atoms in total. The Hall–Kier alpha value is -5.06. The lowest BCUT2D eigenvalue weighted by Crippen LogP contribution is -1.95. The predicted octanol–water partition coefficient (Wildman–Crippen LogP) is 10.3. The minimum atomic E-state index is 0.692. The van der Waals surface area contributed by atoms with Crippen molar-refractivity contribution in [1.29, 1.82) is 0 Å². The summed E-state index contributed by atoms with van der Waals surface area (Å²) >= 11 is 1.79. The molecule has 5 aromatic carbocycles. The smallest absolute Gasteiger partial charge is 0.161 e. The van der Waals surface area contributed by atoms with Crippen LogP contribution in [0, 0.1) is 0 Å². The third kappa shape index (κ3) is 3.89. The molecule has 8 rings (SSSR count). The lowest BCUT2D eigenvalue weighted by Gasteiger charge is -2.09. The van der Waals surface area contributed by atoms with Crippen LogP contribution in [0.2, 0.25) is 0 Å². The molecule has 3 aromatic heterocycles. The maximum atomic E-state index is 6.26. The molecule has 0 aliphatic rings. The highest BCUT2D eigenvalue weighted by Crippen LogP contribution is 2.40. The van der Waals surface area contributed by atoms with Gasteiger partial charge in [-0.25, -0.2) is 9.97 Å². The lowest BCUT2D eigenvalue weighted by atomic mass is 10.0. The fourth-order valence-corrected chi connectivity index (χ4v) is 6.55. The van der Waals surface area contributed by atoms with E-state index < -0.39 is 0 Å². The van der Waals surface area contributed by atoms with Crippen molar-refractivity contribution in [3.63, 3.8) is 0 Å². The van der Waals surface area contributed by atoms with Gasteiger partial charge in [0.1, 0.15) is 11.3 Å². The van der Waals surface area contributed by atoms with E-state index in [1.807, 2.05) is 30.3 Å². The van der Waals surface area contributed by atoms with Crippen LogP contribution in [0.1, 0.15) is 0 Å². The highest BCUT2D eigenvalue weighted by atomic mass is 32.1. The molecular weight excluding hydrogens is 508 g/mol. The summed E-state index contributed by atoms with van der Waals surface area (Å²) in [6.07, 6.45) is 0. The van der Waals surface area contributed by atoms with Gasteiger partial charge in [-0.3, -0.25) is 0 Å². The van der Waals surface area contributed by atoms with Crippen molar-refractivity contribution < 1.29 is 4.42 Å². The molecule has 3 heterocycles. The summed E-state index contributed by atoms with van der Waals surface area (Å²) in [5.41, 5.74) is 6.89. The van der Waals surface area contributed by atoms with Crippen LogP contribution in [-0.4, -0.2) is 9.97 Å². The number of hydrogen-bond acceptors (Lipinski definition) is 4. The van der Waals surface area contributed by atoms with E-state index >= 15 is 0 Å². The van der Waals surface area contributed by atoms with Gasteiger partial charge in [-0.1, -0.05) is 103 Å². The van der Waals surface area contributed by atoms with Crippen molar-refractivity contribution in [3.8, 4) is 45.2 Å². The molecule has 0 aliphatic heterocycles. The van der Waals surface area contributed by atoms with E-state index in [2.05, 4.69) is 103 Å². The van der Waals surface area contributed by atoms with Gasteiger partial charge in [0.2, 0.25) is 0 Å². The Labute approximate surface area is 235 Å². The Bertz CT molecular complexity index is 2120. The number of furan rings is 1. The molecular formula is C36H22N2OS. The molecule has 0 radical (unpaired) electrons. The van der Waals surface area contributed by atoms with Crippen LogP contribution in [-0.2, 0) is 0 Å². The molecule has 4 heteroatoms. The minimum Gasteiger partial charge on any atom is -0.454 e. The zero-order chi connectivity index (χ0) is 26.5. The third-order valence-corrected chi connectivity index (χ3v) is 8.56. The second-order valence-corrected chi connectivity index (χ2v) is 10.9. The first-order chi connectivity index (χ1) is 19.8. The molecule has 40 heavy (non-hydrogen) atoms. The molecule has 0 N–H and O–H groups in total. The average molecular weight is 531 g/mol. The van der Waals surface area contributed by atoms with Gasteiger partial charge in [-0.15, -0.1) is 11.3 Å². The number of thiophene rings is 1. The molecule has 0 aliphatic carbocycles. The molecule has 0 saturated heterocycles. The maximum Gasteiger partial charge on any atom is 0.161 e. The maximum absolute atomic E-state index is 6.26. The van der Waals surface area contributed by atoms with Crippen LogP contribution < -0.4 is 0 Å². The number of fused-ring (bicyclic) bond motifs is 4. The first-order valence-corrected chi connectivity index (χ1v) is 14.1. The van der Waals surface area contributed by atoms with Crippen LogP contribution in [0.5, 0.6) is 0 Å². The lowest BCUT2D eigenvalue weighted by molar-refractivity contribution is 0.628. The molecule has 188 valence electrons. The van der Waals surface area contributed by atoms with Gasteiger partial charge >= 0.3 is 0 Å². The zero-order valence-corrected chi connectivity index (χ0v) is 22.2. The van der Waals surface area contributed by atoms with Crippen molar-refractivity contribution in [3.05, 3.63) is 133 Å². The molecule has 0 unspecified atom stereocenters. The largest absolute Gasteiger partial charge is 0.454 e. The van der Waals surface area contributed by atoms with E-state index in [0.717, 1.165) is 39.2 Å². The summed E-state index contributed by atoms with van der Waals surface area (Å²) in [5.74, 6) is 1.42. The fourth-order valence-electron chi connectivity index (χ4n) is 5.34. The Morgan fingerprint density at radius 2 is 1.23 bits per heavy atom. The predicted molar refractivity (Wildman–Crippen MR) is 166 cm³/mol. The normalized spacial score (nSPS) is 11.5. The molecule has 0 bridgehead atoms. The fraction of sp³-hybridized carbons (Fsp3) is 0. The van der Waals surface area contributed by atoms with Gasteiger partial charge in [0.05, 0.1) is 5.69 Å². The number of nitrogens with zero attached hydrogens (tertiary/aromatic N) is 2. The van der Waals surface area contributed by atoms with Gasteiger partial charge in [0.25, 0.3) is 0 Å². The van der Waals surface area contributed by atoms with Crippen LogP contribution in [0.15, 0.2) is 138 Å². The third-order valence-electron chi connectivity index (χ3n) is 7.34. The monoisotopic (exact) mass is 530 g/mol. The van der Waals surface area contributed by atoms with Crippen LogP contribution in [0.3, 0.4) is 0 Å². The Kier molecular flexibility index (Phi) is 5.32. The van der Waals surface area contributed by atoms with Gasteiger partial charge in [-0.2, -0.15) is 0 Å². The van der Waals surface area contributed by atoms with Crippen molar-refractivity contribution >= 4 is 42.5 Å². The summed E-state index contributed by atoms with van der Waals surface area (Å²) in [6, 6.07) is 46.1. The van der Waals surface area contributed by atoms with Crippen molar-refractivity contribution in [2.45, 2.75) is 0 Å². The number of para-hydroxylation sites is 1. The highest BCUT2D eigenvalue weighted by molar-refractivity contribution is 7.26. The van der Waals surface area contributed by atoms with Crippen LogP contribution >= 0.6 is 11.3 Å². The van der Waals surface area contributed by atoms with Crippen molar-refractivity contribution in [2.24, 2.45) is 0 Å². The standard InChI is InChI=1S/C36H22N2OS/c1-2-9-23(10-3-1)24-17-19-25(20-18-24)30-22-31(33-21-26-11-4-6-15-32(26)39-33)38-36(37-30)29-14-8-13-28-27-12-5-7-16-34(27)40-35(28)29/h1-22H. The quantitative estimate of drug-likeness (QED) is 0.227. The first-order valence-electron chi connectivity index (χ1n) is 13.2. The molecule has 0 spiro atoms. The Morgan fingerprint density at radius 3 is 2.10 bits per heavy atom. The van der Waals surface area contributed by atoms with Gasteiger partial charge in [0.15, 0.2) is 11.6 Å². The van der Waals surface area contributed by atoms with E-state index in [-0.39, 0.29) is 0 Å². The Morgan fingerprint density at radius 1 is 0.525 bits per heavy atom.